The van der Waals surface area contributed by atoms with Crippen molar-refractivity contribution in [2.75, 3.05) is 6.54 Å². The van der Waals surface area contributed by atoms with Crippen molar-refractivity contribution in [1.82, 2.24) is 5.06 Å². The number of benzene rings is 1. The molecular weight excluding hydrogens is 258 g/mol. The van der Waals surface area contributed by atoms with Crippen LogP contribution in [-0.4, -0.2) is 23.3 Å². The number of nitrogens with zero attached hydrogens (tertiary/aromatic N) is 1. The van der Waals surface area contributed by atoms with E-state index in [9.17, 15) is 0 Å². The van der Waals surface area contributed by atoms with Gasteiger partial charge in [0, 0.05) is 18.5 Å². The summed E-state index contributed by atoms with van der Waals surface area (Å²) < 4.78 is 0. The molecule has 1 heterocycles. The van der Waals surface area contributed by atoms with E-state index >= 15 is 0 Å². The van der Waals surface area contributed by atoms with Gasteiger partial charge in [-0.3, -0.25) is 4.84 Å². The summed E-state index contributed by atoms with van der Waals surface area (Å²) in [5, 5.41) is 2.25. The van der Waals surface area contributed by atoms with Crippen molar-refractivity contribution in [3.05, 3.63) is 35.9 Å². The Morgan fingerprint density at radius 2 is 1.81 bits per heavy atom. The third-order valence-corrected chi connectivity index (χ3v) is 5.80. The highest BCUT2D eigenvalue weighted by Crippen LogP contribution is 2.53. The highest BCUT2D eigenvalue weighted by atomic mass is 16.7. The number of rotatable bonds is 2. The monoisotopic (exact) mass is 287 g/mol. The molecule has 2 aliphatic rings. The zero-order chi connectivity index (χ0) is 15.3. The first kappa shape index (κ1) is 15.1. The summed E-state index contributed by atoms with van der Waals surface area (Å²) in [7, 11) is 0. The lowest BCUT2D eigenvalue weighted by Gasteiger charge is -2.46. The van der Waals surface area contributed by atoms with E-state index in [1.54, 1.807) is 0 Å². The van der Waals surface area contributed by atoms with Gasteiger partial charge in [-0.15, -0.1) is 0 Å². The maximum absolute atomic E-state index is 6.28. The van der Waals surface area contributed by atoms with Crippen molar-refractivity contribution in [3.63, 3.8) is 0 Å². The van der Waals surface area contributed by atoms with Gasteiger partial charge in [-0.05, 0) is 43.6 Å². The molecule has 0 amide bonds. The van der Waals surface area contributed by atoms with E-state index in [-0.39, 0.29) is 11.0 Å². The minimum Gasteiger partial charge on any atom is -0.292 e. The molecule has 3 rings (SSSR count). The Bertz CT molecular complexity index is 498. The van der Waals surface area contributed by atoms with Crippen molar-refractivity contribution < 1.29 is 4.84 Å². The SMILES string of the molecule is CCN1OC(C)(C)[C@@H]2C[C@](C)(c3ccccc3)C[C@H](C)[C@H]21. The van der Waals surface area contributed by atoms with Crippen LogP contribution in [0.4, 0.5) is 0 Å². The van der Waals surface area contributed by atoms with Crippen LogP contribution in [0.3, 0.4) is 0 Å². The summed E-state index contributed by atoms with van der Waals surface area (Å²) >= 11 is 0. The summed E-state index contributed by atoms with van der Waals surface area (Å²) in [5.41, 5.74) is 1.71. The van der Waals surface area contributed by atoms with Crippen LogP contribution in [0.1, 0.15) is 53.0 Å². The van der Waals surface area contributed by atoms with Crippen LogP contribution in [0.15, 0.2) is 30.3 Å². The fourth-order valence-corrected chi connectivity index (χ4v) is 4.84. The summed E-state index contributed by atoms with van der Waals surface area (Å²) in [5.74, 6) is 1.27. The Labute approximate surface area is 129 Å². The van der Waals surface area contributed by atoms with Gasteiger partial charge in [0.2, 0.25) is 0 Å². The normalized spacial score (nSPS) is 39.2. The number of fused-ring (bicyclic) bond motifs is 1. The average Bonchev–Trinajstić information content (AvgIpc) is 2.71. The van der Waals surface area contributed by atoms with Gasteiger partial charge < -0.3 is 0 Å². The predicted molar refractivity (Wildman–Crippen MR) is 87.0 cm³/mol. The molecule has 2 fully saturated rings. The first-order chi connectivity index (χ1) is 9.87. The molecule has 1 aliphatic carbocycles. The van der Waals surface area contributed by atoms with Crippen molar-refractivity contribution in [2.45, 2.75) is 64.5 Å². The fraction of sp³-hybridized carbons (Fsp3) is 0.684. The van der Waals surface area contributed by atoms with E-state index in [4.69, 9.17) is 4.84 Å². The smallest absolute Gasteiger partial charge is 0.0888 e. The molecular formula is C19H29NO. The zero-order valence-corrected chi connectivity index (χ0v) is 14.1. The van der Waals surface area contributed by atoms with Crippen LogP contribution in [0.5, 0.6) is 0 Å². The third-order valence-electron chi connectivity index (χ3n) is 5.80. The van der Waals surface area contributed by atoms with Gasteiger partial charge in [0.1, 0.15) is 0 Å². The molecule has 0 aromatic heterocycles. The number of hydrogen-bond donors (Lipinski definition) is 0. The Hall–Kier alpha value is -0.860. The lowest BCUT2D eigenvalue weighted by molar-refractivity contribution is -0.195. The Morgan fingerprint density at radius 1 is 1.14 bits per heavy atom. The van der Waals surface area contributed by atoms with Gasteiger partial charge in [-0.2, -0.15) is 5.06 Å². The summed E-state index contributed by atoms with van der Waals surface area (Å²) in [6.07, 6.45) is 2.46. The largest absolute Gasteiger partial charge is 0.292 e. The van der Waals surface area contributed by atoms with Crippen LogP contribution in [0.25, 0.3) is 0 Å². The molecule has 0 N–H and O–H groups in total. The topological polar surface area (TPSA) is 12.5 Å². The van der Waals surface area contributed by atoms with Crippen molar-refractivity contribution in [2.24, 2.45) is 11.8 Å². The highest BCUT2D eigenvalue weighted by molar-refractivity contribution is 5.27. The van der Waals surface area contributed by atoms with E-state index in [1.807, 2.05) is 0 Å². The second-order valence-electron chi connectivity index (χ2n) is 7.84. The fourth-order valence-electron chi connectivity index (χ4n) is 4.84. The third kappa shape index (κ3) is 2.43. The van der Waals surface area contributed by atoms with Gasteiger partial charge in [-0.25, -0.2) is 0 Å². The maximum Gasteiger partial charge on any atom is 0.0888 e. The van der Waals surface area contributed by atoms with Crippen molar-refractivity contribution >= 4 is 0 Å². The highest BCUT2D eigenvalue weighted by Gasteiger charge is 2.55. The van der Waals surface area contributed by atoms with E-state index < -0.39 is 0 Å². The van der Waals surface area contributed by atoms with E-state index in [1.165, 1.54) is 18.4 Å². The van der Waals surface area contributed by atoms with E-state index in [0.717, 1.165) is 6.54 Å². The van der Waals surface area contributed by atoms with Crippen LogP contribution in [0, 0.1) is 11.8 Å². The molecule has 1 aromatic carbocycles. The molecule has 0 radical (unpaired) electrons. The van der Waals surface area contributed by atoms with E-state index in [0.29, 0.717) is 17.9 Å². The van der Waals surface area contributed by atoms with Crippen molar-refractivity contribution in [1.29, 1.82) is 0 Å². The maximum atomic E-state index is 6.28. The molecule has 1 aromatic rings. The Balaban J connectivity index is 1.94. The zero-order valence-electron chi connectivity index (χ0n) is 14.1. The first-order valence-corrected chi connectivity index (χ1v) is 8.39. The molecule has 116 valence electrons. The van der Waals surface area contributed by atoms with Crippen LogP contribution >= 0.6 is 0 Å². The molecule has 0 spiro atoms. The second kappa shape index (κ2) is 5.10. The van der Waals surface area contributed by atoms with Gasteiger partial charge in [0.05, 0.1) is 5.60 Å². The quantitative estimate of drug-likeness (QED) is 0.799. The van der Waals surface area contributed by atoms with Gasteiger partial charge in [0.25, 0.3) is 0 Å². The second-order valence-corrected chi connectivity index (χ2v) is 7.84. The molecule has 1 saturated carbocycles. The molecule has 1 saturated heterocycles. The average molecular weight is 287 g/mol. The number of hydrogen-bond acceptors (Lipinski definition) is 2. The van der Waals surface area contributed by atoms with Crippen molar-refractivity contribution in [3.8, 4) is 0 Å². The minimum absolute atomic E-state index is 0.0502. The molecule has 21 heavy (non-hydrogen) atoms. The van der Waals surface area contributed by atoms with Crippen LogP contribution < -0.4 is 0 Å². The molecule has 1 aliphatic heterocycles. The summed E-state index contributed by atoms with van der Waals surface area (Å²) in [6.45, 7) is 12.6. The minimum atomic E-state index is -0.0502. The molecule has 0 bridgehead atoms. The van der Waals surface area contributed by atoms with Gasteiger partial charge >= 0.3 is 0 Å². The van der Waals surface area contributed by atoms with Crippen LogP contribution in [-0.2, 0) is 10.3 Å². The Morgan fingerprint density at radius 3 is 2.43 bits per heavy atom. The predicted octanol–water partition coefficient (Wildman–Crippen LogP) is 4.40. The molecule has 4 atom stereocenters. The molecule has 2 nitrogen and oxygen atoms in total. The lowest BCUT2D eigenvalue weighted by atomic mass is 9.59. The first-order valence-electron chi connectivity index (χ1n) is 8.39. The Kier molecular flexibility index (Phi) is 3.66. The molecule has 0 unspecified atom stereocenters. The summed E-state index contributed by atoms with van der Waals surface area (Å²) in [4.78, 5) is 6.28. The standard InChI is InChI=1S/C19H29NO/c1-6-20-17-14(2)12-19(5,15-10-8-7-9-11-15)13-16(17)18(3,4)21-20/h7-11,14,16-17H,6,12-13H2,1-5H3/t14-,16+,17+,19+/m0/s1. The van der Waals surface area contributed by atoms with Crippen LogP contribution in [0.2, 0.25) is 0 Å². The van der Waals surface area contributed by atoms with E-state index in [2.05, 4.69) is 70.0 Å². The summed E-state index contributed by atoms with van der Waals surface area (Å²) in [6, 6.07) is 11.6. The number of hydroxylamine groups is 2. The van der Waals surface area contributed by atoms with Gasteiger partial charge in [-0.1, -0.05) is 51.1 Å². The van der Waals surface area contributed by atoms with Gasteiger partial charge in [0.15, 0.2) is 0 Å². The lowest BCUT2D eigenvalue weighted by Crippen LogP contribution is -2.48. The molecule has 2 heteroatoms.